The summed E-state index contributed by atoms with van der Waals surface area (Å²) < 4.78 is 0. The Kier molecular flexibility index (Phi) is 6.72. The number of hydrogen-bond acceptors (Lipinski definition) is 9. The van der Waals surface area contributed by atoms with Crippen molar-refractivity contribution in [2.45, 2.75) is 63.9 Å². The molecule has 132 valence electrons. The number of rotatable bonds is 10. The summed E-state index contributed by atoms with van der Waals surface area (Å²) in [6.07, 6.45) is -0.588. The fourth-order valence-corrected chi connectivity index (χ4v) is 2.37. The van der Waals surface area contributed by atoms with E-state index >= 15 is 0 Å². The van der Waals surface area contributed by atoms with E-state index in [2.05, 4.69) is 0 Å². The predicted octanol–water partition coefficient (Wildman–Crippen LogP) is 1.38. The van der Waals surface area contributed by atoms with E-state index in [0.29, 0.717) is 19.3 Å². The van der Waals surface area contributed by atoms with E-state index in [9.17, 15) is 30.3 Å². The molecule has 0 amide bonds. The highest BCUT2D eigenvalue weighted by molar-refractivity contribution is 4.74. The maximum absolute atomic E-state index is 11.3. The van der Waals surface area contributed by atoms with E-state index < -0.39 is 45.7 Å². The minimum absolute atomic E-state index is 0.213. The van der Waals surface area contributed by atoms with E-state index in [1.54, 1.807) is 13.8 Å². The summed E-state index contributed by atoms with van der Waals surface area (Å²) in [5.41, 5.74) is 0. The molecule has 1 saturated heterocycles. The molecule has 1 rings (SSSR count). The summed E-state index contributed by atoms with van der Waals surface area (Å²) in [7, 11) is 0. The van der Waals surface area contributed by atoms with Crippen LogP contribution >= 0.6 is 0 Å². The summed E-state index contributed by atoms with van der Waals surface area (Å²) in [6.45, 7) is 2.92. The molecule has 0 spiro atoms. The van der Waals surface area contributed by atoms with Gasteiger partial charge in [0.2, 0.25) is 6.54 Å². The van der Waals surface area contributed by atoms with Crippen molar-refractivity contribution in [3.63, 3.8) is 0 Å². The maximum atomic E-state index is 11.3. The average molecular weight is 336 g/mol. The molecule has 0 bridgehead atoms. The molecular formula is C11H20N4O8. The van der Waals surface area contributed by atoms with Crippen molar-refractivity contribution in [2.75, 3.05) is 6.54 Å². The fraction of sp³-hybridized carbons (Fsp3) is 1.00. The smallest absolute Gasteiger partial charge is 0.264 e. The highest BCUT2D eigenvalue weighted by atomic mass is 17.0. The lowest BCUT2D eigenvalue weighted by Crippen LogP contribution is -2.57. The molecule has 0 N–H and O–H groups in total. The Balaban J connectivity index is 3.03. The van der Waals surface area contributed by atoms with Crippen molar-refractivity contribution in [1.29, 1.82) is 0 Å². The van der Waals surface area contributed by atoms with Crippen LogP contribution in [0.2, 0.25) is 0 Å². The molecule has 1 heterocycles. The Labute approximate surface area is 131 Å². The minimum Gasteiger partial charge on any atom is -0.264 e. The van der Waals surface area contributed by atoms with Gasteiger partial charge in [0.05, 0.1) is 11.3 Å². The topological polar surface area (TPSA) is 151 Å². The highest BCUT2D eigenvalue weighted by Crippen LogP contribution is 2.36. The number of nitro groups is 3. The van der Waals surface area contributed by atoms with Gasteiger partial charge in [-0.25, -0.2) is 0 Å². The number of hydrogen-bond donors (Lipinski definition) is 0. The van der Waals surface area contributed by atoms with E-state index in [1.165, 1.54) is 0 Å². The Morgan fingerprint density at radius 1 is 1.22 bits per heavy atom. The normalized spacial score (nSPS) is 21.9. The van der Waals surface area contributed by atoms with Crippen LogP contribution in [0.5, 0.6) is 0 Å². The highest BCUT2D eigenvalue weighted by Gasteiger charge is 2.71. The van der Waals surface area contributed by atoms with Crippen LogP contribution in [0, 0.1) is 30.3 Å². The van der Waals surface area contributed by atoms with Crippen LogP contribution < -0.4 is 0 Å². The first-order valence-electron chi connectivity index (χ1n) is 7.32. The van der Waals surface area contributed by atoms with Crippen molar-refractivity contribution >= 4 is 0 Å². The molecule has 2 atom stereocenters. The second-order valence-electron chi connectivity index (χ2n) is 5.30. The zero-order chi connectivity index (χ0) is 17.6. The second-order valence-corrected chi connectivity index (χ2v) is 5.30. The lowest BCUT2D eigenvalue weighted by molar-refractivity contribution is -0.852. The van der Waals surface area contributed by atoms with Crippen LogP contribution in [-0.2, 0) is 9.68 Å². The van der Waals surface area contributed by atoms with Crippen LogP contribution in [0.15, 0.2) is 0 Å². The summed E-state index contributed by atoms with van der Waals surface area (Å²) >= 11 is 0. The quantitative estimate of drug-likeness (QED) is 0.327. The van der Waals surface area contributed by atoms with Gasteiger partial charge < -0.3 is 0 Å². The Morgan fingerprint density at radius 3 is 2.26 bits per heavy atom. The molecule has 1 aliphatic heterocycles. The van der Waals surface area contributed by atoms with Crippen LogP contribution in [0.4, 0.5) is 0 Å². The average Bonchev–Trinajstić information content (AvgIpc) is 2.78. The molecule has 1 fully saturated rings. The molecule has 23 heavy (non-hydrogen) atoms. The van der Waals surface area contributed by atoms with E-state index in [-0.39, 0.29) is 11.6 Å². The standard InChI is InChI=1S/C11H20N4O8/c1-3-5-9-7-11(13(18)19,14(20)21)15(22-9)23-10(6-4-2)8-12(16)17/h9-10H,3-8H2,1-2H3. The van der Waals surface area contributed by atoms with Crippen LogP contribution in [-0.4, -0.2) is 44.5 Å². The Hall–Kier alpha value is -1.92. The molecule has 12 nitrogen and oxygen atoms in total. The maximum Gasteiger partial charge on any atom is 0.568 e. The monoisotopic (exact) mass is 336 g/mol. The largest absolute Gasteiger partial charge is 0.568 e. The van der Waals surface area contributed by atoms with Crippen LogP contribution in [0.25, 0.3) is 0 Å². The number of hydroxylamine groups is 2. The molecule has 0 saturated carbocycles. The van der Waals surface area contributed by atoms with Gasteiger partial charge in [-0.1, -0.05) is 26.7 Å². The third-order valence-corrected chi connectivity index (χ3v) is 3.44. The summed E-state index contributed by atoms with van der Waals surface area (Å²) in [4.78, 5) is 40.8. The second kappa shape index (κ2) is 8.08. The van der Waals surface area contributed by atoms with Gasteiger partial charge >= 0.3 is 5.79 Å². The molecule has 2 unspecified atom stereocenters. The molecular weight excluding hydrogens is 316 g/mol. The zero-order valence-electron chi connectivity index (χ0n) is 13.0. The van der Waals surface area contributed by atoms with Crippen molar-refractivity contribution in [3.8, 4) is 0 Å². The summed E-state index contributed by atoms with van der Waals surface area (Å²) in [5.74, 6) is -2.79. The summed E-state index contributed by atoms with van der Waals surface area (Å²) in [6, 6.07) is 0. The van der Waals surface area contributed by atoms with Crippen LogP contribution in [0.1, 0.15) is 46.0 Å². The minimum atomic E-state index is -2.79. The first kappa shape index (κ1) is 19.1. The lowest BCUT2D eigenvalue weighted by atomic mass is 10.1. The van der Waals surface area contributed by atoms with Gasteiger partial charge in [-0.3, -0.25) is 40.0 Å². The van der Waals surface area contributed by atoms with Gasteiger partial charge in [-0.15, -0.1) is 0 Å². The Bertz CT molecular complexity index is 445. The molecule has 1 aliphatic rings. The molecule has 0 aromatic rings. The van der Waals surface area contributed by atoms with Gasteiger partial charge in [0.25, 0.3) is 0 Å². The van der Waals surface area contributed by atoms with Gasteiger partial charge in [-0.2, -0.15) is 0 Å². The first-order chi connectivity index (χ1) is 10.8. The molecule has 0 aromatic carbocycles. The lowest BCUT2D eigenvalue weighted by Gasteiger charge is -2.23. The number of nitrogens with zero attached hydrogens (tertiary/aromatic N) is 4. The van der Waals surface area contributed by atoms with Gasteiger partial charge in [0.15, 0.2) is 0 Å². The van der Waals surface area contributed by atoms with Gasteiger partial charge in [0.1, 0.15) is 22.4 Å². The Morgan fingerprint density at radius 2 is 1.83 bits per heavy atom. The first-order valence-corrected chi connectivity index (χ1v) is 7.32. The SMILES string of the molecule is CCCC(C[N+](=O)[O-])ON1OC(CCC)CC1([N+](=O)[O-])[N+](=O)[O-]. The third-order valence-electron chi connectivity index (χ3n) is 3.44. The van der Waals surface area contributed by atoms with Crippen LogP contribution in [0.3, 0.4) is 0 Å². The van der Waals surface area contributed by atoms with Gasteiger partial charge in [-0.05, 0) is 12.8 Å². The van der Waals surface area contributed by atoms with Crippen molar-refractivity contribution in [3.05, 3.63) is 30.3 Å². The van der Waals surface area contributed by atoms with Crippen molar-refractivity contribution in [2.24, 2.45) is 0 Å². The van der Waals surface area contributed by atoms with Gasteiger partial charge in [0, 0.05) is 4.92 Å². The van der Waals surface area contributed by atoms with E-state index in [4.69, 9.17) is 9.68 Å². The van der Waals surface area contributed by atoms with E-state index in [0.717, 1.165) is 0 Å². The summed E-state index contributed by atoms with van der Waals surface area (Å²) in [5, 5.41) is 33.5. The predicted molar refractivity (Wildman–Crippen MR) is 74.6 cm³/mol. The van der Waals surface area contributed by atoms with Crippen molar-refractivity contribution in [1.82, 2.24) is 5.23 Å². The third kappa shape index (κ3) is 4.30. The molecule has 0 aromatic heterocycles. The molecule has 0 aliphatic carbocycles. The van der Waals surface area contributed by atoms with E-state index in [1.807, 2.05) is 0 Å². The molecule has 12 heteroatoms. The fourth-order valence-electron chi connectivity index (χ4n) is 2.37. The van der Waals surface area contributed by atoms with Crippen molar-refractivity contribution < 1.29 is 24.4 Å². The molecule has 0 radical (unpaired) electrons. The zero-order valence-corrected chi connectivity index (χ0v) is 13.0.